The minimum Gasteiger partial charge on any atom is -0.374 e. The molecule has 0 aromatic heterocycles. The van der Waals surface area contributed by atoms with E-state index in [1.165, 1.54) is 43.6 Å². The Bertz CT molecular complexity index is 332. The standard InChI is InChI=1S/C16H27NOS/c1-17-15(14-7-12-6-13(12)8-14)11-2-4-18-16(9-11)3-5-19-10-16/h11-15,17H,2-10H2,1H3. The van der Waals surface area contributed by atoms with Crippen LogP contribution < -0.4 is 5.32 Å². The second-order valence-corrected chi connectivity index (χ2v) is 8.49. The zero-order valence-corrected chi connectivity index (χ0v) is 12.9. The second-order valence-electron chi connectivity index (χ2n) is 7.39. The largest absolute Gasteiger partial charge is 0.374 e. The number of rotatable bonds is 3. The first-order valence-electron chi connectivity index (χ1n) is 8.19. The van der Waals surface area contributed by atoms with Crippen LogP contribution in [0.2, 0.25) is 0 Å². The number of hydrogen-bond acceptors (Lipinski definition) is 3. The van der Waals surface area contributed by atoms with Gasteiger partial charge in [-0.05, 0) is 75.0 Å². The summed E-state index contributed by atoms with van der Waals surface area (Å²) in [5.41, 5.74) is 0.254. The van der Waals surface area contributed by atoms with Gasteiger partial charge in [-0.25, -0.2) is 0 Å². The van der Waals surface area contributed by atoms with Gasteiger partial charge in [0, 0.05) is 18.4 Å². The Balaban J connectivity index is 1.44. The molecule has 0 amide bonds. The number of hydrogen-bond donors (Lipinski definition) is 1. The topological polar surface area (TPSA) is 21.3 Å². The molecule has 0 aromatic carbocycles. The zero-order valence-electron chi connectivity index (χ0n) is 12.1. The van der Waals surface area contributed by atoms with Crippen LogP contribution in [-0.2, 0) is 4.74 Å². The third-order valence-electron chi connectivity index (χ3n) is 6.23. The summed E-state index contributed by atoms with van der Waals surface area (Å²) >= 11 is 2.10. The Labute approximate surface area is 121 Å². The van der Waals surface area contributed by atoms with Gasteiger partial charge in [-0.1, -0.05) is 0 Å². The van der Waals surface area contributed by atoms with E-state index in [1.807, 2.05) is 0 Å². The van der Waals surface area contributed by atoms with Crippen molar-refractivity contribution in [3.05, 3.63) is 0 Å². The van der Waals surface area contributed by atoms with Crippen molar-refractivity contribution in [2.75, 3.05) is 25.2 Å². The fraction of sp³-hybridized carbons (Fsp3) is 1.00. The van der Waals surface area contributed by atoms with Gasteiger partial charge in [0.2, 0.25) is 0 Å². The molecule has 2 aliphatic carbocycles. The molecule has 0 bridgehead atoms. The van der Waals surface area contributed by atoms with Gasteiger partial charge in [0.05, 0.1) is 5.60 Å². The van der Waals surface area contributed by atoms with Crippen LogP contribution in [0.5, 0.6) is 0 Å². The van der Waals surface area contributed by atoms with Gasteiger partial charge in [0.1, 0.15) is 0 Å². The molecule has 2 aliphatic heterocycles. The third kappa shape index (κ3) is 2.36. The SMILES string of the molecule is CNC(C1CC2CC2C1)C1CCOC2(CCSC2)C1. The highest BCUT2D eigenvalue weighted by atomic mass is 32.2. The Morgan fingerprint density at radius 1 is 1.21 bits per heavy atom. The van der Waals surface area contributed by atoms with Crippen molar-refractivity contribution < 1.29 is 4.74 Å². The van der Waals surface area contributed by atoms with Crippen molar-refractivity contribution in [3.8, 4) is 0 Å². The molecular formula is C16H27NOS. The summed E-state index contributed by atoms with van der Waals surface area (Å²) in [5.74, 6) is 6.59. The van der Waals surface area contributed by atoms with Gasteiger partial charge >= 0.3 is 0 Å². The molecule has 1 N–H and O–H groups in total. The lowest BCUT2D eigenvalue weighted by Gasteiger charge is -2.42. The highest BCUT2D eigenvalue weighted by molar-refractivity contribution is 7.99. The Hall–Kier alpha value is 0.270. The summed E-state index contributed by atoms with van der Waals surface area (Å²) < 4.78 is 6.20. The molecule has 4 fully saturated rings. The lowest BCUT2D eigenvalue weighted by Crippen LogP contribution is -2.48. The maximum atomic E-state index is 6.20. The molecule has 2 saturated carbocycles. The molecule has 1 spiro atoms. The van der Waals surface area contributed by atoms with Crippen LogP contribution in [0.4, 0.5) is 0 Å². The summed E-state index contributed by atoms with van der Waals surface area (Å²) in [6, 6.07) is 0.763. The fourth-order valence-electron chi connectivity index (χ4n) is 5.15. The maximum absolute atomic E-state index is 6.20. The lowest BCUT2D eigenvalue weighted by molar-refractivity contribution is -0.0881. The second kappa shape index (κ2) is 4.92. The molecule has 5 atom stereocenters. The molecule has 108 valence electrons. The first-order valence-corrected chi connectivity index (χ1v) is 9.34. The van der Waals surface area contributed by atoms with Gasteiger partial charge in [0.15, 0.2) is 0 Å². The van der Waals surface area contributed by atoms with E-state index in [1.54, 1.807) is 6.42 Å². The predicted molar refractivity (Wildman–Crippen MR) is 80.5 cm³/mol. The van der Waals surface area contributed by atoms with Crippen molar-refractivity contribution in [2.24, 2.45) is 23.7 Å². The molecule has 2 saturated heterocycles. The number of thioether (sulfide) groups is 1. The third-order valence-corrected chi connectivity index (χ3v) is 7.45. The molecule has 5 unspecified atom stereocenters. The summed E-state index contributed by atoms with van der Waals surface area (Å²) in [4.78, 5) is 0. The monoisotopic (exact) mass is 281 g/mol. The summed E-state index contributed by atoms with van der Waals surface area (Å²) in [7, 11) is 2.19. The molecule has 0 aromatic rings. The van der Waals surface area contributed by atoms with E-state index in [0.717, 1.165) is 36.3 Å². The van der Waals surface area contributed by atoms with E-state index in [9.17, 15) is 0 Å². The average Bonchev–Trinajstić information content (AvgIpc) is 2.84. The van der Waals surface area contributed by atoms with E-state index >= 15 is 0 Å². The van der Waals surface area contributed by atoms with Crippen LogP contribution in [0.25, 0.3) is 0 Å². The summed E-state index contributed by atoms with van der Waals surface area (Å²) in [6.07, 6.45) is 8.45. The highest BCUT2D eigenvalue weighted by Gasteiger charge is 2.50. The Morgan fingerprint density at radius 2 is 2.05 bits per heavy atom. The summed E-state index contributed by atoms with van der Waals surface area (Å²) in [6.45, 7) is 1.00. The summed E-state index contributed by atoms with van der Waals surface area (Å²) in [5, 5.41) is 3.70. The van der Waals surface area contributed by atoms with E-state index in [2.05, 4.69) is 24.1 Å². The van der Waals surface area contributed by atoms with Gasteiger partial charge in [-0.3, -0.25) is 0 Å². The van der Waals surface area contributed by atoms with Crippen LogP contribution in [0.15, 0.2) is 0 Å². The van der Waals surface area contributed by atoms with Gasteiger partial charge in [0.25, 0.3) is 0 Å². The smallest absolute Gasteiger partial charge is 0.0783 e. The predicted octanol–water partition coefficient (Wildman–Crippen LogP) is 2.92. The van der Waals surface area contributed by atoms with Crippen molar-refractivity contribution in [1.82, 2.24) is 5.32 Å². The van der Waals surface area contributed by atoms with Crippen molar-refractivity contribution >= 4 is 11.8 Å². The van der Waals surface area contributed by atoms with Gasteiger partial charge < -0.3 is 10.1 Å². The van der Waals surface area contributed by atoms with Crippen LogP contribution in [-0.4, -0.2) is 36.8 Å². The first kappa shape index (κ1) is 13.0. The molecule has 2 nitrogen and oxygen atoms in total. The normalized spacial score (nSPS) is 50.4. The quantitative estimate of drug-likeness (QED) is 0.859. The zero-order chi connectivity index (χ0) is 12.9. The molecule has 2 heterocycles. The first-order chi connectivity index (χ1) is 9.30. The van der Waals surface area contributed by atoms with Crippen LogP contribution >= 0.6 is 11.8 Å². The fourth-order valence-corrected chi connectivity index (χ4v) is 6.52. The molecule has 0 radical (unpaired) electrons. The molecule has 19 heavy (non-hydrogen) atoms. The lowest BCUT2D eigenvalue weighted by atomic mass is 9.76. The molecule has 4 rings (SSSR count). The maximum Gasteiger partial charge on any atom is 0.0783 e. The van der Waals surface area contributed by atoms with Gasteiger partial charge in [-0.15, -0.1) is 0 Å². The van der Waals surface area contributed by atoms with Gasteiger partial charge in [-0.2, -0.15) is 11.8 Å². The Morgan fingerprint density at radius 3 is 2.74 bits per heavy atom. The Kier molecular flexibility index (Phi) is 3.36. The van der Waals surface area contributed by atoms with Crippen LogP contribution in [0.1, 0.15) is 38.5 Å². The minimum absolute atomic E-state index is 0.254. The van der Waals surface area contributed by atoms with E-state index in [4.69, 9.17) is 4.74 Å². The highest BCUT2D eigenvalue weighted by Crippen LogP contribution is 2.56. The number of nitrogens with one attached hydrogen (secondary N) is 1. The van der Waals surface area contributed by atoms with Crippen LogP contribution in [0, 0.1) is 23.7 Å². The molecule has 4 aliphatic rings. The van der Waals surface area contributed by atoms with E-state index < -0.39 is 0 Å². The van der Waals surface area contributed by atoms with Crippen molar-refractivity contribution in [3.63, 3.8) is 0 Å². The van der Waals surface area contributed by atoms with E-state index in [0.29, 0.717) is 0 Å². The van der Waals surface area contributed by atoms with Crippen LogP contribution in [0.3, 0.4) is 0 Å². The van der Waals surface area contributed by atoms with E-state index in [-0.39, 0.29) is 5.60 Å². The minimum atomic E-state index is 0.254. The number of fused-ring (bicyclic) bond motifs is 1. The molecule has 3 heteroatoms. The molecular weight excluding hydrogens is 254 g/mol. The van der Waals surface area contributed by atoms with Crippen molar-refractivity contribution in [2.45, 2.75) is 50.2 Å². The van der Waals surface area contributed by atoms with Crippen molar-refractivity contribution in [1.29, 1.82) is 0 Å². The number of ether oxygens (including phenoxy) is 1. The average molecular weight is 281 g/mol.